The van der Waals surface area contributed by atoms with Crippen molar-refractivity contribution in [3.05, 3.63) is 128 Å². The summed E-state index contributed by atoms with van der Waals surface area (Å²) in [7, 11) is 0. The van der Waals surface area contributed by atoms with Gasteiger partial charge in [-0.05, 0) is 92.4 Å². The van der Waals surface area contributed by atoms with Gasteiger partial charge in [-0.25, -0.2) is 4.39 Å². The largest absolute Gasteiger partial charge is 1.00 e. The third-order valence-electron chi connectivity index (χ3n) is 7.80. The number of carbonyl (C=O) groups is 2. The first-order chi connectivity index (χ1) is 21.5. The fourth-order valence-electron chi connectivity index (χ4n) is 5.11. The van der Waals surface area contributed by atoms with Crippen LogP contribution < -0.4 is 40.0 Å². The van der Waals surface area contributed by atoms with E-state index in [1.54, 1.807) is 30.3 Å². The molecule has 4 aromatic rings. The van der Waals surface area contributed by atoms with Crippen molar-refractivity contribution in [3.63, 3.8) is 0 Å². The Morgan fingerprint density at radius 1 is 0.935 bits per heavy atom. The number of benzene rings is 4. The zero-order valence-corrected chi connectivity index (χ0v) is 29.9. The van der Waals surface area contributed by atoms with Crippen LogP contribution in [0.3, 0.4) is 0 Å². The molecule has 0 amide bonds. The van der Waals surface area contributed by atoms with Crippen LogP contribution >= 0.6 is 34.8 Å². The Hall–Kier alpha value is -2.46. The van der Waals surface area contributed by atoms with Crippen LogP contribution in [0.4, 0.5) is 15.8 Å². The molecule has 1 saturated heterocycles. The van der Waals surface area contributed by atoms with Gasteiger partial charge >= 0.3 is 29.6 Å². The van der Waals surface area contributed by atoms with Gasteiger partial charge in [-0.1, -0.05) is 71.2 Å². The summed E-state index contributed by atoms with van der Waals surface area (Å²) in [4.78, 5) is 25.4. The van der Waals surface area contributed by atoms with Crippen LogP contribution in [0.2, 0.25) is 15.1 Å². The number of halogens is 4. The van der Waals surface area contributed by atoms with Gasteiger partial charge in [-0.2, -0.15) is 0 Å². The van der Waals surface area contributed by atoms with Crippen LogP contribution in [0.5, 0.6) is 0 Å². The number of nitrogens with zero attached hydrogens (tertiary/aromatic N) is 1. The maximum absolute atomic E-state index is 12.9. The Morgan fingerprint density at radius 2 is 1.57 bits per heavy atom. The smallest absolute Gasteiger partial charge is 0.545 e. The van der Waals surface area contributed by atoms with Crippen LogP contribution in [0.15, 0.2) is 84.9 Å². The maximum atomic E-state index is 12.9. The maximum Gasteiger partial charge on any atom is 1.00 e. The number of para-hydroxylation sites is 1. The molecule has 1 fully saturated rings. The van der Waals surface area contributed by atoms with Crippen LogP contribution in [0.25, 0.3) is 0 Å². The molecule has 11 heteroatoms. The van der Waals surface area contributed by atoms with Crippen molar-refractivity contribution >= 4 is 57.9 Å². The zero-order chi connectivity index (χ0) is 32.6. The van der Waals surface area contributed by atoms with Crippen molar-refractivity contribution in [2.45, 2.75) is 38.2 Å². The topological polar surface area (TPSA) is 92.7 Å². The first-order valence-electron chi connectivity index (χ1n) is 14.5. The molecule has 1 heterocycles. The normalized spacial score (nSPS) is 14.0. The molecule has 0 bridgehead atoms. The third-order valence-corrected chi connectivity index (χ3v) is 8.85. The molecule has 236 valence electrons. The first-order valence-corrected chi connectivity index (χ1v) is 15.6. The number of nitrogens with one attached hydrogen (secondary N) is 1. The summed E-state index contributed by atoms with van der Waals surface area (Å²) in [6.45, 7) is 4.26. The van der Waals surface area contributed by atoms with Gasteiger partial charge in [0.2, 0.25) is 0 Å². The van der Waals surface area contributed by atoms with E-state index in [1.807, 2.05) is 31.2 Å². The number of piperidine rings is 1. The van der Waals surface area contributed by atoms with Gasteiger partial charge < -0.3 is 25.2 Å². The molecule has 0 unspecified atom stereocenters. The second-order valence-electron chi connectivity index (χ2n) is 10.9. The molecular formula is C35H33Cl3FN2NaO4. The minimum Gasteiger partial charge on any atom is -0.545 e. The molecule has 0 spiro atoms. The van der Waals surface area contributed by atoms with Crippen LogP contribution in [-0.2, 0) is 5.60 Å². The minimum atomic E-state index is -1.26. The first kappa shape index (κ1) is 38.0. The molecule has 1 aliphatic rings. The van der Waals surface area contributed by atoms with E-state index in [2.05, 4.69) is 10.2 Å². The fourth-order valence-corrected chi connectivity index (χ4v) is 5.71. The molecule has 0 aromatic heterocycles. The number of carboxylic acid groups (broad SMARTS) is 1. The van der Waals surface area contributed by atoms with Gasteiger partial charge in [0.25, 0.3) is 0 Å². The van der Waals surface area contributed by atoms with Crippen molar-refractivity contribution in [2.75, 3.05) is 25.0 Å². The predicted octanol–water partition coefficient (Wildman–Crippen LogP) is 4.84. The Balaban J connectivity index is 0.000000257. The number of carboxylic acids is 1. The summed E-state index contributed by atoms with van der Waals surface area (Å²) in [5.74, 6) is -1.55. The number of carbonyl (C=O) groups excluding carboxylic acids is 2. The molecule has 2 N–H and O–H groups in total. The quantitative estimate of drug-likeness (QED) is 0.193. The Morgan fingerprint density at radius 3 is 2.20 bits per heavy atom. The second-order valence-corrected chi connectivity index (χ2v) is 12.1. The molecular weight excluding hydrogens is 661 g/mol. The summed E-state index contributed by atoms with van der Waals surface area (Å²) < 4.78 is 12.9. The summed E-state index contributed by atoms with van der Waals surface area (Å²) >= 11 is 18.2. The molecule has 4 aromatic carbocycles. The summed E-state index contributed by atoms with van der Waals surface area (Å²) in [5.41, 5.74) is 2.44. The van der Waals surface area contributed by atoms with Gasteiger partial charge in [0.15, 0.2) is 5.78 Å². The molecule has 0 saturated carbocycles. The Labute approximate surface area is 305 Å². The zero-order valence-electron chi connectivity index (χ0n) is 25.7. The molecule has 46 heavy (non-hydrogen) atoms. The van der Waals surface area contributed by atoms with E-state index in [-0.39, 0.29) is 46.7 Å². The summed E-state index contributed by atoms with van der Waals surface area (Å²) in [5, 5.41) is 26.4. The SMILES string of the molecule is Cc1ccc(Cl)c(Nc2ccccc2C(=O)[O-])c1Cl.O=C(CCCN1CCC(O)(c2ccc(Cl)cc2)CC1)c1ccc(F)cc1.[Na+]. The average molecular weight is 694 g/mol. The van der Waals surface area contributed by atoms with Gasteiger partial charge in [0.05, 0.1) is 27.3 Å². The molecule has 5 rings (SSSR count). The standard InChI is InChI=1S/C21H23ClFNO2.C14H11Cl2NO2.Na/c22-18-7-5-17(6-8-18)21(26)11-14-24(15-12-21)13-1-2-20(25)16-3-9-19(23)10-4-16;1-8-6-7-10(15)13(12(8)16)17-11-5-3-2-4-9(11)14(18)19;/h3-10,26H,1-2,11-15H2;2-7,17H,1H3,(H,18,19);/q;;+1/p-1. The van der Waals surface area contributed by atoms with Gasteiger partial charge in [0, 0.05) is 41.3 Å². The summed E-state index contributed by atoms with van der Waals surface area (Å²) in [6.07, 6.45) is 2.54. The summed E-state index contributed by atoms with van der Waals surface area (Å²) in [6, 6.07) is 23.0. The van der Waals surface area contributed by atoms with Crippen molar-refractivity contribution < 1.29 is 53.7 Å². The van der Waals surface area contributed by atoms with Crippen molar-refractivity contribution in [2.24, 2.45) is 0 Å². The molecule has 6 nitrogen and oxygen atoms in total. The molecule has 0 aliphatic carbocycles. The molecule has 1 aliphatic heterocycles. The van der Waals surface area contributed by atoms with E-state index < -0.39 is 11.6 Å². The van der Waals surface area contributed by atoms with E-state index in [0.717, 1.165) is 37.2 Å². The predicted molar refractivity (Wildman–Crippen MR) is 176 cm³/mol. The van der Waals surface area contributed by atoms with Crippen LogP contribution in [0.1, 0.15) is 57.5 Å². The fraction of sp³-hybridized carbons (Fsp3) is 0.257. The van der Waals surface area contributed by atoms with Crippen LogP contribution in [-0.4, -0.2) is 41.4 Å². The monoisotopic (exact) mass is 692 g/mol. The van der Waals surface area contributed by atoms with E-state index in [9.17, 15) is 24.2 Å². The molecule has 0 atom stereocenters. The van der Waals surface area contributed by atoms with Gasteiger partial charge in [0.1, 0.15) is 5.82 Å². The number of likely N-dealkylation sites (tertiary alicyclic amines) is 1. The Bertz CT molecular complexity index is 1630. The number of aliphatic hydroxyl groups is 1. The number of hydrogen-bond donors (Lipinski definition) is 2. The van der Waals surface area contributed by atoms with E-state index in [4.69, 9.17) is 34.8 Å². The van der Waals surface area contributed by atoms with E-state index in [1.165, 1.54) is 30.3 Å². The average Bonchev–Trinajstić information content (AvgIpc) is 3.03. The van der Waals surface area contributed by atoms with Crippen molar-refractivity contribution in [3.8, 4) is 0 Å². The number of ketones is 1. The number of aromatic carboxylic acids is 1. The third kappa shape index (κ3) is 10.3. The molecule has 0 radical (unpaired) electrons. The second kappa shape index (κ2) is 17.6. The van der Waals surface area contributed by atoms with E-state index >= 15 is 0 Å². The van der Waals surface area contributed by atoms with Gasteiger partial charge in [-0.3, -0.25) is 4.79 Å². The van der Waals surface area contributed by atoms with Crippen LogP contribution in [0, 0.1) is 12.7 Å². The van der Waals surface area contributed by atoms with E-state index in [0.29, 0.717) is 51.3 Å². The number of aryl methyl sites for hydroxylation is 1. The van der Waals surface area contributed by atoms with Crippen molar-refractivity contribution in [1.29, 1.82) is 0 Å². The van der Waals surface area contributed by atoms with Gasteiger partial charge in [-0.15, -0.1) is 0 Å². The number of hydrogen-bond acceptors (Lipinski definition) is 6. The minimum absolute atomic E-state index is 0. The number of anilines is 2. The Kier molecular flexibility index (Phi) is 14.6. The van der Waals surface area contributed by atoms with Crippen molar-refractivity contribution in [1.82, 2.24) is 4.90 Å². The number of rotatable bonds is 9. The number of Topliss-reactive ketones (excluding diaryl/α,β-unsaturated/α-hetero) is 1.